The van der Waals surface area contributed by atoms with Crippen LogP contribution in [0, 0.1) is 11.6 Å². The highest BCUT2D eigenvalue weighted by Crippen LogP contribution is 2.37. The summed E-state index contributed by atoms with van der Waals surface area (Å²) in [6, 6.07) is 7.68. The van der Waals surface area contributed by atoms with Crippen LogP contribution in [0.5, 0.6) is 0 Å². The molecular formula is C21H23F2N3O2S. The highest BCUT2D eigenvalue weighted by atomic mass is 32.2. The van der Waals surface area contributed by atoms with Gasteiger partial charge in [-0.05, 0) is 36.2 Å². The van der Waals surface area contributed by atoms with Crippen molar-refractivity contribution in [2.45, 2.75) is 37.2 Å². The first kappa shape index (κ1) is 21.3. The molecule has 5 nitrogen and oxygen atoms in total. The lowest BCUT2D eigenvalue weighted by Gasteiger charge is -2.25. The zero-order valence-electron chi connectivity index (χ0n) is 16.1. The van der Waals surface area contributed by atoms with E-state index in [1.165, 1.54) is 40.9 Å². The van der Waals surface area contributed by atoms with Crippen LogP contribution in [-0.4, -0.2) is 30.2 Å². The first-order chi connectivity index (χ1) is 13.9. The molecule has 2 aromatic carbocycles. The van der Waals surface area contributed by atoms with Crippen molar-refractivity contribution in [1.82, 2.24) is 5.32 Å². The molecule has 1 aliphatic rings. The van der Waals surface area contributed by atoms with Gasteiger partial charge in [0.2, 0.25) is 5.91 Å². The lowest BCUT2D eigenvalue weighted by atomic mass is 10.1. The van der Waals surface area contributed by atoms with Gasteiger partial charge >= 0.3 is 0 Å². The number of amides is 2. The quantitative estimate of drug-likeness (QED) is 0.703. The van der Waals surface area contributed by atoms with Gasteiger partial charge in [0.25, 0.3) is 5.91 Å². The van der Waals surface area contributed by atoms with Gasteiger partial charge in [-0.3, -0.25) is 9.59 Å². The number of halogens is 2. The van der Waals surface area contributed by atoms with Gasteiger partial charge in [0, 0.05) is 17.2 Å². The number of anilines is 1. The second-order valence-electron chi connectivity index (χ2n) is 6.88. The van der Waals surface area contributed by atoms with Crippen molar-refractivity contribution < 1.29 is 18.4 Å². The van der Waals surface area contributed by atoms with Crippen LogP contribution in [0.2, 0.25) is 0 Å². The highest BCUT2D eigenvalue weighted by Gasteiger charge is 2.30. The fraction of sp³-hybridized carbons (Fsp3) is 0.333. The normalized spacial score (nSPS) is 16.3. The van der Waals surface area contributed by atoms with E-state index in [4.69, 9.17) is 5.73 Å². The number of carbonyl (C=O) groups is 2. The number of nitrogens with one attached hydrogen (secondary N) is 1. The van der Waals surface area contributed by atoms with E-state index in [2.05, 4.69) is 5.32 Å². The Kier molecular flexibility index (Phi) is 6.87. The van der Waals surface area contributed by atoms with Crippen LogP contribution in [0.25, 0.3) is 0 Å². The monoisotopic (exact) mass is 419 g/mol. The maximum Gasteiger partial charge on any atom is 0.254 e. The molecule has 0 aromatic heterocycles. The molecule has 1 heterocycles. The van der Waals surface area contributed by atoms with Gasteiger partial charge in [-0.1, -0.05) is 25.5 Å². The first-order valence-corrected chi connectivity index (χ1v) is 10.4. The average molecular weight is 419 g/mol. The lowest BCUT2D eigenvalue weighted by Crippen LogP contribution is -2.44. The number of rotatable bonds is 6. The molecule has 0 aliphatic carbocycles. The summed E-state index contributed by atoms with van der Waals surface area (Å²) >= 11 is 1.28. The molecule has 3 rings (SSSR count). The Morgan fingerprint density at radius 2 is 2.00 bits per heavy atom. The molecule has 3 N–H and O–H groups in total. The van der Waals surface area contributed by atoms with E-state index < -0.39 is 17.8 Å². The van der Waals surface area contributed by atoms with E-state index in [9.17, 15) is 18.4 Å². The number of hydrogen-bond donors (Lipinski definition) is 2. The van der Waals surface area contributed by atoms with E-state index in [0.717, 1.165) is 12.8 Å². The number of nitrogens with two attached hydrogens (primary N) is 1. The van der Waals surface area contributed by atoms with Crippen LogP contribution in [-0.2, 0) is 11.3 Å². The maximum atomic E-state index is 14.6. The van der Waals surface area contributed by atoms with Crippen LogP contribution >= 0.6 is 11.8 Å². The molecule has 0 saturated carbocycles. The third-order valence-electron chi connectivity index (χ3n) is 4.66. The Labute approximate surface area is 172 Å². The predicted molar refractivity (Wildman–Crippen MR) is 110 cm³/mol. The molecule has 8 heteroatoms. The van der Waals surface area contributed by atoms with Crippen molar-refractivity contribution in [3.05, 3.63) is 59.2 Å². The second kappa shape index (κ2) is 9.37. The van der Waals surface area contributed by atoms with Crippen molar-refractivity contribution in [3.63, 3.8) is 0 Å². The van der Waals surface area contributed by atoms with Crippen LogP contribution in [0.4, 0.5) is 14.5 Å². The van der Waals surface area contributed by atoms with Crippen molar-refractivity contribution >= 4 is 29.3 Å². The van der Waals surface area contributed by atoms with Gasteiger partial charge in [-0.25, -0.2) is 8.78 Å². The third kappa shape index (κ3) is 4.94. The number of hydrogen-bond acceptors (Lipinski definition) is 4. The summed E-state index contributed by atoms with van der Waals surface area (Å²) in [5.74, 6) is -1.57. The lowest BCUT2D eigenvalue weighted by molar-refractivity contribution is -0.119. The Balaban J connectivity index is 1.98. The molecule has 0 saturated heterocycles. The number of benzene rings is 2. The average Bonchev–Trinajstić information content (AvgIpc) is 2.81. The molecule has 29 heavy (non-hydrogen) atoms. The number of fused-ring (bicyclic) bond motifs is 1. The second-order valence-corrected chi connectivity index (χ2v) is 7.94. The molecule has 2 aromatic rings. The largest absolute Gasteiger partial charge is 0.352 e. The van der Waals surface area contributed by atoms with Gasteiger partial charge in [-0.15, -0.1) is 11.8 Å². The summed E-state index contributed by atoms with van der Waals surface area (Å²) < 4.78 is 27.8. The van der Waals surface area contributed by atoms with Gasteiger partial charge in [-0.2, -0.15) is 0 Å². The molecule has 1 aliphatic heterocycles. The number of unbranched alkanes of at least 4 members (excludes halogenated alkanes) is 1. The van der Waals surface area contributed by atoms with Gasteiger partial charge in [0.1, 0.15) is 11.6 Å². The zero-order valence-corrected chi connectivity index (χ0v) is 16.9. The minimum Gasteiger partial charge on any atom is -0.352 e. The third-order valence-corrected chi connectivity index (χ3v) is 5.82. The van der Waals surface area contributed by atoms with Crippen LogP contribution in [0.1, 0.15) is 35.7 Å². The molecule has 2 amide bonds. The minimum atomic E-state index is -0.766. The Hall–Kier alpha value is -2.45. The van der Waals surface area contributed by atoms with Crippen molar-refractivity contribution in [1.29, 1.82) is 0 Å². The fourth-order valence-electron chi connectivity index (χ4n) is 3.02. The summed E-state index contributed by atoms with van der Waals surface area (Å²) in [7, 11) is 0. The fourth-order valence-corrected chi connectivity index (χ4v) is 4.03. The SMILES string of the molecule is CCCCNC(=O)c1cc2c(cc1F)SC[C@H](N)C(=O)N2Cc1ccc(F)cc1. The summed E-state index contributed by atoms with van der Waals surface area (Å²) in [6.07, 6.45) is 1.69. The number of nitrogens with zero attached hydrogens (tertiary/aromatic N) is 1. The summed E-state index contributed by atoms with van der Waals surface area (Å²) in [4.78, 5) is 27.3. The minimum absolute atomic E-state index is 0.118. The molecular weight excluding hydrogens is 396 g/mol. The summed E-state index contributed by atoms with van der Waals surface area (Å²) in [5, 5.41) is 2.70. The number of carbonyl (C=O) groups excluding carboxylic acids is 2. The molecule has 0 fully saturated rings. The molecule has 0 spiro atoms. The van der Waals surface area contributed by atoms with E-state index in [1.807, 2.05) is 6.92 Å². The van der Waals surface area contributed by atoms with Crippen molar-refractivity contribution in [3.8, 4) is 0 Å². The van der Waals surface area contributed by atoms with E-state index >= 15 is 0 Å². The predicted octanol–water partition coefficient (Wildman–Crippen LogP) is 3.46. The smallest absolute Gasteiger partial charge is 0.254 e. The van der Waals surface area contributed by atoms with Gasteiger partial charge < -0.3 is 16.0 Å². The maximum absolute atomic E-state index is 14.6. The Morgan fingerprint density at radius 1 is 1.28 bits per heavy atom. The Bertz CT molecular complexity index is 906. The molecule has 1 atom stereocenters. The topological polar surface area (TPSA) is 75.4 Å². The van der Waals surface area contributed by atoms with E-state index in [1.54, 1.807) is 12.1 Å². The van der Waals surface area contributed by atoms with Crippen LogP contribution < -0.4 is 16.0 Å². The van der Waals surface area contributed by atoms with Gasteiger partial charge in [0.05, 0.1) is 23.8 Å². The molecule has 0 bridgehead atoms. The summed E-state index contributed by atoms with van der Waals surface area (Å²) in [5.41, 5.74) is 7.01. The summed E-state index contributed by atoms with van der Waals surface area (Å²) in [6.45, 7) is 2.58. The standard InChI is InChI=1S/C21H23F2N3O2S/c1-2-3-8-25-20(27)15-9-18-19(10-16(15)23)29-12-17(24)21(28)26(18)11-13-4-6-14(22)7-5-13/h4-7,9-10,17H,2-3,8,11-12,24H2,1H3,(H,25,27)/t17-/m0/s1. The zero-order chi connectivity index (χ0) is 21.0. The van der Waals surface area contributed by atoms with Crippen LogP contribution in [0.15, 0.2) is 41.3 Å². The van der Waals surface area contributed by atoms with Crippen molar-refractivity contribution in [2.75, 3.05) is 17.2 Å². The molecule has 154 valence electrons. The molecule has 0 unspecified atom stereocenters. The van der Waals surface area contributed by atoms with Crippen LogP contribution in [0.3, 0.4) is 0 Å². The Morgan fingerprint density at radius 3 is 2.69 bits per heavy atom. The van der Waals surface area contributed by atoms with Crippen molar-refractivity contribution in [2.24, 2.45) is 5.73 Å². The highest BCUT2D eigenvalue weighted by molar-refractivity contribution is 7.99. The van der Waals surface area contributed by atoms with Gasteiger partial charge in [0.15, 0.2) is 0 Å². The molecule has 0 radical (unpaired) electrons. The number of thioether (sulfide) groups is 1. The first-order valence-electron chi connectivity index (χ1n) is 9.46. The van der Waals surface area contributed by atoms with E-state index in [0.29, 0.717) is 28.4 Å². The van der Waals surface area contributed by atoms with E-state index in [-0.39, 0.29) is 23.8 Å².